The molecule has 2 aliphatic rings. The van der Waals surface area contributed by atoms with Gasteiger partial charge in [-0.3, -0.25) is 9.36 Å². The van der Waals surface area contributed by atoms with Gasteiger partial charge in [-0.1, -0.05) is 0 Å². The minimum Gasteiger partial charge on any atom is -0.366 e. The molecule has 12 nitrogen and oxygen atoms in total. The lowest BCUT2D eigenvalue weighted by Crippen LogP contribution is -2.33. The van der Waals surface area contributed by atoms with Gasteiger partial charge in [0.25, 0.3) is 5.91 Å². The Bertz CT molecular complexity index is 762. The van der Waals surface area contributed by atoms with Crippen LogP contribution in [0.15, 0.2) is 6.33 Å². The van der Waals surface area contributed by atoms with Crippen LogP contribution in [0.1, 0.15) is 44.5 Å². The fraction of sp³-hybridized carbons (Fsp3) is 0.812. The molecule has 3 heterocycles. The van der Waals surface area contributed by atoms with Gasteiger partial charge in [-0.05, 0) is 27.7 Å². The molecule has 0 aromatic carbocycles. The molecule has 2 fully saturated rings. The lowest BCUT2D eigenvalue weighted by molar-refractivity contribution is -0.203. The first-order valence-electron chi connectivity index (χ1n) is 9.36. The molecule has 0 aliphatic carbocycles. The number of hydrogen-bond acceptors (Lipinski definition) is 10. The molecule has 4 atom stereocenters. The molecule has 1 unspecified atom stereocenters. The highest BCUT2D eigenvalue weighted by molar-refractivity contribution is 7.53. The molecular formula is C16H27N4O8P. The molecule has 13 heteroatoms. The lowest BCUT2D eigenvalue weighted by atomic mass is 10.1. The van der Waals surface area contributed by atoms with E-state index in [2.05, 4.69) is 10.1 Å². The average molecular weight is 434 g/mol. The maximum absolute atomic E-state index is 12.5. The molecule has 0 radical (unpaired) electrons. The maximum atomic E-state index is 12.5. The molecule has 29 heavy (non-hydrogen) atoms. The number of carbonyl (C=O) groups is 1. The fourth-order valence-electron chi connectivity index (χ4n) is 3.30. The van der Waals surface area contributed by atoms with Crippen molar-refractivity contribution in [2.24, 2.45) is 5.73 Å². The SMILES string of the molecule is CCOP(=O)(COC[C@H]1OC(n2cnc(C(N)=O)n2)[C@@H]2OC(C)(C)O[C@H]12)OCC. The van der Waals surface area contributed by atoms with E-state index in [1.807, 2.05) is 0 Å². The Morgan fingerprint density at radius 1 is 1.28 bits per heavy atom. The highest BCUT2D eigenvalue weighted by Gasteiger charge is 2.56. The first kappa shape index (κ1) is 22.3. The van der Waals surface area contributed by atoms with Crippen LogP contribution in [0, 0.1) is 0 Å². The fourth-order valence-corrected chi connectivity index (χ4v) is 4.64. The third kappa shape index (κ3) is 5.02. The van der Waals surface area contributed by atoms with Crippen molar-refractivity contribution in [3.05, 3.63) is 12.2 Å². The number of hydrogen-bond donors (Lipinski definition) is 1. The van der Waals surface area contributed by atoms with Crippen LogP contribution >= 0.6 is 7.60 Å². The summed E-state index contributed by atoms with van der Waals surface area (Å²) in [5.41, 5.74) is 5.21. The maximum Gasteiger partial charge on any atom is 0.356 e. The van der Waals surface area contributed by atoms with Crippen LogP contribution in [-0.4, -0.2) is 70.9 Å². The Labute approximate surface area is 168 Å². The number of nitrogens with two attached hydrogens (primary N) is 1. The minimum absolute atomic E-state index is 0.0681. The highest BCUT2D eigenvalue weighted by atomic mass is 31.2. The Morgan fingerprint density at radius 2 is 1.93 bits per heavy atom. The smallest absolute Gasteiger partial charge is 0.356 e. The Hall–Kier alpha value is -1.40. The van der Waals surface area contributed by atoms with Crippen molar-refractivity contribution in [3.8, 4) is 0 Å². The molecule has 1 aromatic rings. The van der Waals surface area contributed by atoms with Crippen LogP contribution in [0.25, 0.3) is 0 Å². The molecule has 0 saturated carbocycles. The van der Waals surface area contributed by atoms with Crippen LogP contribution in [0.3, 0.4) is 0 Å². The summed E-state index contributed by atoms with van der Waals surface area (Å²) in [4.78, 5) is 15.2. The second kappa shape index (κ2) is 8.76. The standard InChI is InChI=1S/C16H27N4O8P/c1-5-24-29(22,25-6-2)9-23-7-10-11-12(28-16(3,4)27-11)15(26-10)20-8-18-14(19-20)13(17)21/h8,10-12,15H,5-7,9H2,1-4H3,(H2,17,21)/t10-,11-,12-,15?/m1/s1. The summed E-state index contributed by atoms with van der Waals surface area (Å²) in [7, 11) is -3.34. The number of carbonyl (C=O) groups excluding carboxylic acids is 1. The van der Waals surface area contributed by atoms with Crippen molar-refractivity contribution in [1.29, 1.82) is 0 Å². The normalized spacial score (nSPS) is 28.6. The third-order valence-electron chi connectivity index (χ3n) is 4.30. The third-order valence-corrected chi connectivity index (χ3v) is 6.10. The minimum atomic E-state index is -3.34. The number of aromatic nitrogens is 3. The molecule has 2 N–H and O–H groups in total. The summed E-state index contributed by atoms with van der Waals surface area (Å²) in [5, 5.41) is 4.05. The van der Waals surface area contributed by atoms with E-state index in [9.17, 15) is 9.36 Å². The molecular weight excluding hydrogens is 407 g/mol. The summed E-state index contributed by atoms with van der Waals surface area (Å²) in [5.74, 6) is -1.71. The van der Waals surface area contributed by atoms with E-state index < -0.39 is 43.8 Å². The number of primary amides is 1. The van der Waals surface area contributed by atoms with Crippen molar-refractivity contribution < 1.29 is 37.4 Å². The first-order chi connectivity index (χ1) is 13.7. The summed E-state index contributed by atoms with van der Waals surface area (Å²) < 4.78 is 47.8. The molecule has 0 bridgehead atoms. The Balaban J connectivity index is 1.69. The summed E-state index contributed by atoms with van der Waals surface area (Å²) in [6.45, 7) is 7.58. The number of rotatable bonds is 10. The van der Waals surface area contributed by atoms with Gasteiger partial charge in [0.2, 0.25) is 5.82 Å². The van der Waals surface area contributed by atoms with Gasteiger partial charge in [0.15, 0.2) is 12.0 Å². The molecule has 3 rings (SSSR count). The van der Waals surface area contributed by atoms with Gasteiger partial charge in [0.1, 0.15) is 31.0 Å². The zero-order chi connectivity index (χ0) is 21.2. The molecule has 2 saturated heterocycles. The van der Waals surface area contributed by atoms with Crippen LogP contribution < -0.4 is 5.73 Å². The Morgan fingerprint density at radius 3 is 2.52 bits per heavy atom. The Kier molecular flexibility index (Phi) is 6.74. The molecule has 2 aliphatic heterocycles. The zero-order valence-electron chi connectivity index (χ0n) is 16.8. The van der Waals surface area contributed by atoms with Crippen LogP contribution in [0.2, 0.25) is 0 Å². The second-order valence-corrected chi connectivity index (χ2v) is 8.99. The predicted octanol–water partition coefficient (Wildman–Crippen LogP) is 1.03. The van der Waals surface area contributed by atoms with Crippen LogP contribution in [-0.2, 0) is 32.6 Å². The van der Waals surface area contributed by atoms with Crippen molar-refractivity contribution in [2.75, 3.05) is 26.2 Å². The predicted molar refractivity (Wildman–Crippen MR) is 98.0 cm³/mol. The van der Waals surface area contributed by atoms with E-state index in [1.54, 1.807) is 27.7 Å². The zero-order valence-corrected chi connectivity index (χ0v) is 17.7. The summed E-state index contributed by atoms with van der Waals surface area (Å²) in [6.07, 6.45) is -1.07. The van der Waals surface area contributed by atoms with Gasteiger partial charge in [-0.15, -0.1) is 5.10 Å². The second-order valence-electron chi connectivity index (χ2n) is 6.99. The summed E-state index contributed by atoms with van der Waals surface area (Å²) >= 11 is 0. The number of amides is 1. The van der Waals surface area contributed by atoms with E-state index in [4.69, 9.17) is 33.7 Å². The van der Waals surface area contributed by atoms with Crippen LogP contribution in [0.4, 0.5) is 0 Å². The van der Waals surface area contributed by atoms with E-state index in [0.29, 0.717) is 0 Å². The molecule has 1 amide bonds. The summed E-state index contributed by atoms with van der Waals surface area (Å²) in [6, 6.07) is 0. The molecule has 0 spiro atoms. The van der Waals surface area contributed by atoms with E-state index in [0.717, 1.165) is 0 Å². The van der Waals surface area contributed by atoms with Gasteiger partial charge >= 0.3 is 7.60 Å². The van der Waals surface area contributed by atoms with Gasteiger partial charge in [0, 0.05) is 0 Å². The largest absolute Gasteiger partial charge is 0.366 e. The van der Waals surface area contributed by atoms with E-state index in [1.165, 1.54) is 11.0 Å². The number of ether oxygens (including phenoxy) is 4. The average Bonchev–Trinajstić information content (AvgIpc) is 3.29. The molecule has 1 aromatic heterocycles. The number of nitrogens with zero attached hydrogens (tertiary/aromatic N) is 3. The van der Waals surface area contributed by atoms with Gasteiger partial charge in [-0.2, -0.15) is 0 Å². The molecule has 164 valence electrons. The quantitative estimate of drug-likeness (QED) is 0.530. The van der Waals surface area contributed by atoms with Gasteiger partial charge < -0.3 is 33.7 Å². The van der Waals surface area contributed by atoms with E-state index >= 15 is 0 Å². The van der Waals surface area contributed by atoms with Crippen molar-refractivity contribution in [3.63, 3.8) is 0 Å². The van der Waals surface area contributed by atoms with E-state index in [-0.39, 0.29) is 32.0 Å². The monoisotopic (exact) mass is 434 g/mol. The highest BCUT2D eigenvalue weighted by Crippen LogP contribution is 2.48. The van der Waals surface area contributed by atoms with Crippen molar-refractivity contribution in [2.45, 2.75) is 58.0 Å². The van der Waals surface area contributed by atoms with Gasteiger partial charge in [0.05, 0.1) is 19.8 Å². The topological polar surface area (TPSA) is 146 Å². The number of fused-ring (bicyclic) bond motifs is 1. The van der Waals surface area contributed by atoms with Gasteiger partial charge in [-0.25, -0.2) is 9.67 Å². The van der Waals surface area contributed by atoms with Crippen molar-refractivity contribution in [1.82, 2.24) is 14.8 Å². The van der Waals surface area contributed by atoms with Crippen molar-refractivity contribution >= 4 is 13.5 Å². The lowest BCUT2D eigenvalue weighted by Gasteiger charge is -2.24. The first-order valence-corrected chi connectivity index (χ1v) is 11.1. The van der Waals surface area contributed by atoms with Crippen LogP contribution in [0.5, 0.6) is 0 Å².